The molecule has 2 aromatic heterocycles. The summed E-state index contributed by atoms with van der Waals surface area (Å²) in [6, 6.07) is 14.5. The summed E-state index contributed by atoms with van der Waals surface area (Å²) in [5.41, 5.74) is 4.54. The van der Waals surface area contributed by atoms with E-state index in [1.807, 2.05) is 31.2 Å². The van der Waals surface area contributed by atoms with E-state index in [4.69, 9.17) is 21.7 Å². The molecule has 0 radical (unpaired) electrons. The van der Waals surface area contributed by atoms with Crippen molar-refractivity contribution in [2.75, 3.05) is 10.6 Å². The summed E-state index contributed by atoms with van der Waals surface area (Å²) >= 11 is 6.53. The van der Waals surface area contributed by atoms with Gasteiger partial charge in [0, 0.05) is 45.5 Å². The largest absolute Gasteiger partial charge is 0.465 e. The maximum absolute atomic E-state index is 12.8. The van der Waals surface area contributed by atoms with E-state index in [1.165, 1.54) is 0 Å². The number of aromatic amines is 1. The number of rotatable bonds is 6. The molecule has 10 heteroatoms. The monoisotopic (exact) mass is 518 g/mol. The Morgan fingerprint density at radius 3 is 2.62 bits per heavy atom. The summed E-state index contributed by atoms with van der Waals surface area (Å²) in [5, 5.41) is 19.2. The van der Waals surface area contributed by atoms with Crippen molar-refractivity contribution in [2.24, 2.45) is 0 Å². The minimum Gasteiger partial charge on any atom is -0.465 e. The fraction of sp³-hybridized carbons (Fsp3) is 0.259. The van der Waals surface area contributed by atoms with Crippen LogP contribution in [0.3, 0.4) is 0 Å². The Hall–Kier alpha value is -4.11. The molecule has 0 spiro atoms. The number of nitrogens with one attached hydrogen (secondary N) is 4. The van der Waals surface area contributed by atoms with Gasteiger partial charge >= 0.3 is 6.09 Å². The second-order valence-electron chi connectivity index (χ2n) is 9.25. The van der Waals surface area contributed by atoms with Gasteiger partial charge in [0.1, 0.15) is 0 Å². The van der Waals surface area contributed by atoms with Gasteiger partial charge in [-0.3, -0.25) is 10.1 Å². The lowest BCUT2D eigenvalue weighted by Gasteiger charge is -2.30. The number of carboxylic acid groups (broad SMARTS) is 1. The standard InChI is InChI=1S/C27H27ClN6O3/c1-15-23(20-7-2-3-8-22(20)30-15)24-21(28)14-29-26(34-24)32-19-6-4-5-18(13-19)31-25(35)16-9-11-17(12-10-16)33-27(36)37/h2-3,7-12,14,18-19,30,33H,4-6,13H2,1H3,(H,31,35)(H,36,37)(H,29,32,34)/t18-,19+/m0/s1. The molecule has 5 N–H and O–H groups in total. The number of aryl methyl sites for hydroxylation is 1. The molecule has 0 saturated heterocycles. The van der Waals surface area contributed by atoms with Crippen molar-refractivity contribution in [1.29, 1.82) is 0 Å². The number of amides is 2. The van der Waals surface area contributed by atoms with E-state index in [9.17, 15) is 9.59 Å². The van der Waals surface area contributed by atoms with E-state index >= 15 is 0 Å². The Bertz CT molecular complexity index is 1450. The highest BCUT2D eigenvalue weighted by Crippen LogP contribution is 2.35. The fourth-order valence-corrected chi connectivity index (χ4v) is 5.11. The van der Waals surface area contributed by atoms with Crippen molar-refractivity contribution in [2.45, 2.75) is 44.7 Å². The molecule has 37 heavy (non-hydrogen) atoms. The van der Waals surface area contributed by atoms with Crippen molar-refractivity contribution < 1.29 is 14.7 Å². The molecule has 4 aromatic rings. The van der Waals surface area contributed by atoms with Gasteiger partial charge < -0.3 is 20.7 Å². The number of nitrogens with zero attached hydrogens (tertiary/aromatic N) is 2. The number of fused-ring (bicyclic) bond motifs is 1. The first-order valence-electron chi connectivity index (χ1n) is 12.1. The van der Waals surface area contributed by atoms with Crippen LogP contribution in [0.25, 0.3) is 22.2 Å². The second kappa shape index (κ2) is 10.5. The third-order valence-electron chi connectivity index (χ3n) is 6.62. The van der Waals surface area contributed by atoms with Gasteiger partial charge in [-0.15, -0.1) is 0 Å². The van der Waals surface area contributed by atoms with E-state index in [-0.39, 0.29) is 18.0 Å². The van der Waals surface area contributed by atoms with Crippen LogP contribution in [0.4, 0.5) is 16.4 Å². The van der Waals surface area contributed by atoms with Gasteiger partial charge in [0.25, 0.3) is 5.91 Å². The molecule has 2 atom stereocenters. The maximum Gasteiger partial charge on any atom is 0.409 e. The molecule has 1 fully saturated rings. The molecule has 0 bridgehead atoms. The first-order valence-corrected chi connectivity index (χ1v) is 12.5. The molecule has 1 aliphatic rings. The highest BCUT2D eigenvalue weighted by molar-refractivity contribution is 6.33. The number of para-hydroxylation sites is 1. The summed E-state index contributed by atoms with van der Waals surface area (Å²) in [6.45, 7) is 2.01. The van der Waals surface area contributed by atoms with Gasteiger partial charge in [-0.2, -0.15) is 0 Å². The zero-order valence-electron chi connectivity index (χ0n) is 20.2. The van der Waals surface area contributed by atoms with Crippen molar-refractivity contribution in [3.05, 3.63) is 71.0 Å². The van der Waals surface area contributed by atoms with E-state index in [0.29, 0.717) is 27.9 Å². The first kappa shape index (κ1) is 24.6. The number of anilines is 2. The van der Waals surface area contributed by atoms with E-state index in [2.05, 4.69) is 25.9 Å². The smallest absolute Gasteiger partial charge is 0.409 e. The summed E-state index contributed by atoms with van der Waals surface area (Å²) in [5.74, 6) is 0.315. The van der Waals surface area contributed by atoms with Gasteiger partial charge in [-0.05, 0) is 62.9 Å². The molecule has 0 aliphatic heterocycles. The van der Waals surface area contributed by atoms with Crippen LogP contribution in [0.5, 0.6) is 0 Å². The molecule has 5 rings (SSSR count). The molecular weight excluding hydrogens is 492 g/mol. The number of hydrogen-bond acceptors (Lipinski definition) is 5. The molecule has 1 aliphatic carbocycles. The molecular formula is C27H27ClN6O3. The third-order valence-corrected chi connectivity index (χ3v) is 6.89. The third kappa shape index (κ3) is 5.51. The number of aromatic nitrogens is 3. The van der Waals surface area contributed by atoms with Gasteiger partial charge in [-0.1, -0.05) is 29.8 Å². The summed E-state index contributed by atoms with van der Waals surface area (Å²) in [4.78, 5) is 36.1. The van der Waals surface area contributed by atoms with Crippen LogP contribution in [0.1, 0.15) is 41.7 Å². The Kier molecular flexibility index (Phi) is 6.96. The summed E-state index contributed by atoms with van der Waals surface area (Å²) < 4.78 is 0. The topological polar surface area (TPSA) is 132 Å². The van der Waals surface area contributed by atoms with Crippen molar-refractivity contribution in [3.63, 3.8) is 0 Å². The Morgan fingerprint density at radius 1 is 1.08 bits per heavy atom. The SMILES string of the molecule is Cc1[nH]c2ccccc2c1-c1nc(N[C@@H]2CCC[C@H](NC(=O)c3ccc(NC(=O)O)cc3)C2)ncc1Cl. The highest BCUT2D eigenvalue weighted by atomic mass is 35.5. The Morgan fingerprint density at radius 2 is 1.84 bits per heavy atom. The van der Waals surface area contributed by atoms with Gasteiger partial charge in [0.15, 0.2) is 0 Å². The van der Waals surface area contributed by atoms with Crippen LogP contribution >= 0.6 is 11.6 Å². The first-order chi connectivity index (χ1) is 17.9. The summed E-state index contributed by atoms with van der Waals surface area (Å²) in [7, 11) is 0. The van der Waals surface area contributed by atoms with Gasteiger partial charge in [-0.25, -0.2) is 14.8 Å². The van der Waals surface area contributed by atoms with Crippen LogP contribution in [0, 0.1) is 6.92 Å². The predicted octanol–water partition coefficient (Wildman–Crippen LogP) is 5.83. The van der Waals surface area contributed by atoms with E-state index in [1.54, 1.807) is 30.5 Å². The highest BCUT2D eigenvalue weighted by Gasteiger charge is 2.25. The average Bonchev–Trinajstić information content (AvgIpc) is 3.21. The lowest BCUT2D eigenvalue weighted by molar-refractivity contribution is 0.0926. The van der Waals surface area contributed by atoms with Crippen LogP contribution in [0.2, 0.25) is 5.02 Å². The van der Waals surface area contributed by atoms with Crippen LogP contribution in [-0.4, -0.2) is 44.1 Å². The van der Waals surface area contributed by atoms with Crippen molar-refractivity contribution in [1.82, 2.24) is 20.3 Å². The average molecular weight is 519 g/mol. The minimum absolute atomic E-state index is 0.00166. The van der Waals surface area contributed by atoms with E-state index in [0.717, 1.165) is 47.8 Å². The minimum atomic E-state index is -1.15. The van der Waals surface area contributed by atoms with Crippen LogP contribution in [-0.2, 0) is 0 Å². The molecule has 2 heterocycles. The van der Waals surface area contributed by atoms with Crippen molar-refractivity contribution >= 4 is 46.1 Å². The lowest BCUT2D eigenvalue weighted by Crippen LogP contribution is -2.42. The van der Waals surface area contributed by atoms with Gasteiger partial charge in [0.2, 0.25) is 5.95 Å². The number of hydrogen-bond donors (Lipinski definition) is 5. The van der Waals surface area contributed by atoms with Gasteiger partial charge in [0.05, 0.1) is 16.9 Å². The van der Waals surface area contributed by atoms with Crippen molar-refractivity contribution in [3.8, 4) is 11.3 Å². The predicted molar refractivity (Wildman–Crippen MR) is 144 cm³/mol. The zero-order chi connectivity index (χ0) is 25.9. The Balaban J connectivity index is 1.26. The number of carbonyl (C=O) groups excluding carboxylic acids is 1. The zero-order valence-corrected chi connectivity index (χ0v) is 21.0. The van der Waals surface area contributed by atoms with Crippen LogP contribution in [0.15, 0.2) is 54.7 Å². The molecule has 190 valence electrons. The Labute approximate surface area is 218 Å². The quantitative estimate of drug-likeness (QED) is 0.218. The molecule has 0 unspecified atom stereocenters. The summed E-state index contributed by atoms with van der Waals surface area (Å²) in [6.07, 6.45) is 3.98. The molecule has 2 aromatic carbocycles. The lowest BCUT2D eigenvalue weighted by atomic mass is 9.91. The van der Waals surface area contributed by atoms with Crippen LogP contribution < -0.4 is 16.0 Å². The molecule has 1 saturated carbocycles. The van der Waals surface area contributed by atoms with E-state index < -0.39 is 6.09 Å². The number of halogens is 1. The second-order valence-corrected chi connectivity index (χ2v) is 9.65. The number of carbonyl (C=O) groups is 2. The molecule has 2 amide bonds. The molecule has 9 nitrogen and oxygen atoms in total. The number of benzene rings is 2. The fourth-order valence-electron chi connectivity index (χ4n) is 4.93. The number of H-pyrrole nitrogens is 1. The maximum atomic E-state index is 12.8. The normalized spacial score (nSPS) is 17.4.